The minimum atomic E-state index is -0.147. The highest BCUT2D eigenvalue weighted by Gasteiger charge is 2.25. The summed E-state index contributed by atoms with van der Waals surface area (Å²) in [6.07, 6.45) is 0. The summed E-state index contributed by atoms with van der Waals surface area (Å²) in [5.41, 5.74) is 6.58. The van der Waals surface area contributed by atoms with Crippen LogP contribution in [0.5, 0.6) is 0 Å². The van der Waals surface area contributed by atoms with Crippen molar-refractivity contribution in [3.8, 4) is 0 Å². The summed E-state index contributed by atoms with van der Waals surface area (Å²) >= 11 is 0. The second-order valence-corrected chi connectivity index (χ2v) is 4.74. The van der Waals surface area contributed by atoms with Gasteiger partial charge in [0.1, 0.15) is 5.82 Å². The van der Waals surface area contributed by atoms with Gasteiger partial charge < -0.3 is 10.6 Å². The molecule has 0 spiro atoms. The number of nitrogens with two attached hydrogens (primary N) is 1. The second-order valence-electron chi connectivity index (χ2n) is 4.74. The summed E-state index contributed by atoms with van der Waals surface area (Å²) in [6.45, 7) is 7.73. The van der Waals surface area contributed by atoms with Crippen molar-refractivity contribution in [1.29, 1.82) is 0 Å². The standard InChI is InChI=1S/C14H22FN3/c1-2-17-7-9-18(10-8-17)14(11-16)12-5-3-4-6-13(12)15/h3-6,14H,2,7-11,16H2,1H3. The third-order valence-corrected chi connectivity index (χ3v) is 3.78. The Hall–Kier alpha value is -0.970. The van der Waals surface area contributed by atoms with Gasteiger partial charge in [0.2, 0.25) is 0 Å². The van der Waals surface area contributed by atoms with Crippen molar-refractivity contribution in [2.24, 2.45) is 5.73 Å². The highest BCUT2D eigenvalue weighted by atomic mass is 19.1. The Morgan fingerprint density at radius 1 is 1.22 bits per heavy atom. The number of halogens is 1. The maximum Gasteiger partial charge on any atom is 0.128 e. The first kappa shape index (κ1) is 13.5. The fourth-order valence-corrected chi connectivity index (χ4v) is 2.61. The summed E-state index contributed by atoms with van der Waals surface area (Å²) in [4.78, 5) is 4.70. The molecule has 0 saturated carbocycles. The molecule has 1 atom stereocenters. The molecular formula is C14H22FN3. The minimum absolute atomic E-state index is 0.00482. The molecule has 100 valence electrons. The highest BCUT2D eigenvalue weighted by molar-refractivity contribution is 5.21. The Labute approximate surface area is 108 Å². The van der Waals surface area contributed by atoms with Crippen LogP contribution in [0.3, 0.4) is 0 Å². The van der Waals surface area contributed by atoms with Crippen LogP contribution in [0.2, 0.25) is 0 Å². The number of rotatable bonds is 4. The molecule has 2 rings (SSSR count). The van der Waals surface area contributed by atoms with Crippen molar-refractivity contribution in [3.05, 3.63) is 35.6 Å². The maximum atomic E-state index is 13.8. The molecule has 1 aliphatic rings. The van der Waals surface area contributed by atoms with Crippen LogP contribution >= 0.6 is 0 Å². The van der Waals surface area contributed by atoms with Crippen molar-refractivity contribution in [2.45, 2.75) is 13.0 Å². The van der Waals surface area contributed by atoms with Crippen molar-refractivity contribution in [1.82, 2.24) is 9.80 Å². The topological polar surface area (TPSA) is 32.5 Å². The molecule has 3 nitrogen and oxygen atoms in total. The van der Waals surface area contributed by atoms with Gasteiger partial charge in [-0.15, -0.1) is 0 Å². The van der Waals surface area contributed by atoms with E-state index in [0.29, 0.717) is 6.54 Å². The van der Waals surface area contributed by atoms with E-state index in [1.807, 2.05) is 12.1 Å². The predicted molar refractivity (Wildman–Crippen MR) is 71.9 cm³/mol. The summed E-state index contributed by atoms with van der Waals surface area (Å²) in [6, 6.07) is 6.97. The monoisotopic (exact) mass is 251 g/mol. The van der Waals surface area contributed by atoms with E-state index in [1.54, 1.807) is 6.07 Å². The van der Waals surface area contributed by atoms with E-state index in [9.17, 15) is 4.39 Å². The summed E-state index contributed by atoms with van der Waals surface area (Å²) < 4.78 is 13.8. The molecule has 0 aliphatic carbocycles. The smallest absolute Gasteiger partial charge is 0.128 e. The van der Waals surface area contributed by atoms with Crippen molar-refractivity contribution < 1.29 is 4.39 Å². The molecule has 0 radical (unpaired) electrons. The first-order valence-electron chi connectivity index (χ1n) is 6.67. The first-order valence-corrected chi connectivity index (χ1v) is 6.67. The molecule has 1 unspecified atom stereocenters. The average molecular weight is 251 g/mol. The molecular weight excluding hydrogens is 229 g/mol. The van der Waals surface area contributed by atoms with Gasteiger partial charge in [-0.05, 0) is 12.6 Å². The van der Waals surface area contributed by atoms with Crippen LogP contribution in [0.25, 0.3) is 0 Å². The van der Waals surface area contributed by atoms with Gasteiger partial charge in [-0.3, -0.25) is 4.90 Å². The van der Waals surface area contributed by atoms with E-state index in [4.69, 9.17) is 5.73 Å². The van der Waals surface area contributed by atoms with Gasteiger partial charge in [-0.25, -0.2) is 4.39 Å². The SMILES string of the molecule is CCN1CCN(C(CN)c2ccccc2F)CC1. The van der Waals surface area contributed by atoms with E-state index in [-0.39, 0.29) is 11.9 Å². The molecule has 0 bridgehead atoms. The van der Waals surface area contributed by atoms with E-state index in [1.165, 1.54) is 6.07 Å². The fraction of sp³-hybridized carbons (Fsp3) is 0.571. The van der Waals surface area contributed by atoms with Crippen LogP contribution in [0.1, 0.15) is 18.5 Å². The zero-order valence-electron chi connectivity index (χ0n) is 11.0. The zero-order chi connectivity index (χ0) is 13.0. The molecule has 18 heavy (non-hydrogen) atoms. The number of piperazine rings is 1. The van der Waals surface area contributed by atoms with Gasteiger partial charge in [0, 0.05) is 38.3 Å². The largest absolute Gasteiger partial charge is 0.329 e. The molecule has 1 aromatic carbocycles. The van der Waals surface area contributed by atoms with Gasteiger partial charge in [0.15, 0.2) is 0 Å². The number of hydrogen-bond donors (Lipinski definition) is 1. The predicted octanol–water partition coefficient (Wildman–Crippen LogP) is 1.46. The van der Waals surface area contributed by atoms with Crippen LogP contribution in [0.4, 0.5) is 4.39 Å². The van der Waals surface area contributed by atoms with Crippen LogP contribution in [-0.4, -0.2) is 49.1 Å². The highest BCUT2D eigenvalue weighted by Crippen LogP contribution is 2.23. The van der Waals surface area contributed by atoms with E-state index < -0.39 is 0 Å². The second kappa shape index (κ2) is 6.27. The number of nitrogens with zero attached hydrogens (tertiary/aromatic N) is 2. The zero-order valence-corrected chi connectivity index (χ0v) is 11.0. The van der Waals surface area contributed by atoms with Crippen LogP contribution < -0.4 is 5.73 Å². The van der Waals surface area contributed by atoms with Gasteiger partial charge >= 0.3 is 0 Å². The Balaban J connectivity index is 2.08. The van der Waals surface area contributed by atoms with E-state index >= 15 is 0 Å². The Kier molecular flexibility index (Phi) is 4.69. The third-order valence-electron chi connectivity index (χ3n) is 3.78. The molecule has 1 fully saturated rings. The number of likely N-dealkylation sites (N-methyl/N-ethyl adjacent to an activating group) is 1. The molecule has 2 N–H and O–H groups in total. The normalized spacial score (nSPS) is 19.9. The van der Waals surface area contributed by atoms with Crippen LogP contribution in [0.15, 0.2) is 24.3 Å². The fourth-order valence-electron chi connectivity index (χ4n) is 2.61. The Morgan fingerprint density at radius 2 is 1.89 bits per heavy atom. The third kappa shape index (κ3) is 2.88. The Morgan fingerprint density at radius 3 is 2.44 bits per heavy atom. The molecule has 1 heterocycles. The van der Waals surface area contributed by atoms with E-state index in [2.05, 4.69) is 16.7 Å². The molecule has 0 amide bonds. The van der Waals surface area contributed by atoms with Gasteiger partial charge in [-0.1, -0.05) is 25.1 Å². The minimum Gasteiger partial charge on any atom is -0.329 e. The van der Waals surface area contributed by atoms with Crippen LogP contribution in [0, 0.1) is 5.82 Å². The summed E-state index contributed by atoms with van der Waals surface area (Å²) in [7, 11) is 0. The van der Waals surface area contributed by atoms with Crippen molar-refractivity contribution >= 4 is 0 Å². The van der Waals surface area contributed by atoms with Gasteiger partial charge in [0.05, 0.1) is 6.04 Å². The van der Waals surface area contributed by atoms with Crippen molar-refractivity contribution in [3.63, 3.8) is 0 Å². The number of hydrogen-bond acceptors (Lipinski definition) is 3. The Bertz CT molecular complexity index is 375. The molecule has 0 aromatic heterocycles. The molecule has 1 aliphatic heterocycles. The van der Waals surface area contributed by atoms with Crippen molar-refractivity contribution in [2.75, 3.05) is 39.3 Å². The lowest BCUT2D eigenvalue weighted by Crippen LogP contribution is -2.48. The van der Waals surface area contributed by atoms with Crippen LogP contribution in [-0.2, 0) is 0 Å². The summed E-state index contributed by atoms with van der Waals surface area (Å²) in [5, 5.41) is 0. The molecule has 4 heteroatoms. The van der Waals surface area contributed by atoms with Gasteiger partial charge in [-0.2, -0.15) is 0 Å². The molecule has 1 saturated heterocycles. The summed E-state index contributed by atoms with van der Waals surface area (Å²) in [5.74, 6) is -0.147. The molecule has 1 aromatic rings. The quantitative estimate of drug-likeness (QED) is 0.879. The lowest BCUT2D eigenvalue weighted by molar-refractivity contribution is 0.100. The maximum absolute atomic E-state index is 13.8. The lowest BCUT2D eigenvalue weighted by atomic mass is 10.0. The van der Waals surface area contributed by atoms with E-state index in [0.717, 1.165) is 38.3 Å². The van der Waals surface area contributed by atoms with Gasteiger partial charge in [0.25, 0.3) is 0 Å². The average Bonchev–Trinajstić information content (AvgIpc) is 2.42. The lowest BCUT2D eigenvalue weighted by Gasteiger charge is -2.38. The number of benzene rings is 1. The first-order chi connectivity index (χ1) is 8.76.